The van der Waals surface area contributed by atoms with Crippen LogP contribution in [-0.2, 0) is 14.3 Å². The van der Waals surface area contributed by atoms with Gasteiger partial charge in [0.15, 0.2) is 0 Å². The van der Waals surface area contributed by atoms with Crippen molar-refractivity contribution in [3.63, 3.8) is 0 Å². The molecule has 3 N–H and O–H groups in total. The number of carboxylic acids is 1. The molecule has 180 valence electrons. The molecular weight excluding hydrogens is 452 g/mol. The molecule has 0 unspecified atom stereocenters. The van der Waals surface area contributed by atoms with Crippen molar-refractivity contribution in [2.24, 2.45) is 5.92 Å². The molecule has 0 radical (unpaired) electrons. The van der Waals surface area contributed by atoms with Gasteiger partial charge in [-0.05, 0) is 59.4 Å². The Morgan fingerprint density at radius 1 is 1.06 bits per heavy atom. The van der Waals surface area contributed by atoms with Gasteiger partial charge in [-0.1, -0.05) is 48.5 Å². The molecule has 2 aliphatic rings. The fourth-order valence-corrected chi connectivity index (χ4v) is 5.33. The predicted molar refractivity (Wildman–Crippen MR) is 132 cm³/mol. The first kappa shape index (κ1) is 24.1. The van der Waals surface area contributed by atoms with Crippen molar-refractivity contribution in [2.75, 3.05) is 18.6 Å². The maximum atomic E-state index is 12.8. The molecule has 1 saturated carbocycles. The van der Waals surface area contributed by atoms with Crippen molar-refractivity contribution in [1.29, 1.82) is 0 Å². The van der Waals surface area contributed by atoms with E-state index in [1.165, 1.54) is 0 Å². The minimum absolute atomic E-state index is 0.0436. The standard InChI is InChI=1S/C26H30N2O5S/c1-34-11-10-23(25(31)27-17-12-16(13-17)14-24(29)30)28-26(32)33-15-22-20-8-4-2-6-18(20)19-7-3-5-9-21(19)22/h2-9,16-17,22-23H,10-15H2,1H3,(H,27,31)(H,28,32)(H,29,30)/t16?,17?,23-/m1/s1. The number of carbonyl (C=O) groups excluding carboxylic acids is 2. The zero-order chi connectivity index (χ0) is 24.1. The maximum absolute atomic E-state index is 12.8. The monoisotopic (exact) mass is 482 g/mol. The van der Waals surface area contributed by atoms with E-state index in [2.05, 4.69) is 34.9 Å². The Morgan fingerprint density at radius 3 is 2.26 bits per heavy atom. The summed E-state index contributed by atoms with van der Waals surface area (Å²) in [5.74, 6) is -0.292. The van der Waals surface area contributed by atoms with E-state index < -0.39 is 18.1 Å². The average molecular weight is 483 g/mol. The highest BCUT2D eigenvalue weighted by Gasteiger charge is 2.34. The number of aliphatic carboxylic acids is 1. The lowest BCUT2D eigenvalue weighted by atomic mass is 9.78. The van der Waals surface area contributed by atoms with E-state index in [1.807, 2.05) is 30.5 Å². The van der Waals surface area contributed by atoms with Gasteiger partial charge in [0, 0.05) is 18.4 Å². The predicted octanol–water partition coefficient (Wildman–Crippen LogP) is 4.02. The number of nitrogens with one attached hydrogen (secondary N) is 2. The molecule has 0 saturated heterocycles. The van der Waals surface area contributed by atoms with E-state index in [-0.39, 0.29) is 36.8 Å². The summed E-state index contributed by atoms with van der Waals surface area (Å²) in [6.45, 7) is 0.191. The Bertz CT molecular complexity index is 1010. The van der Waals surface area contributed by atoms with Gasteiger partial charge in [-0.15, -0.1) is 0 Å². The molecule has 2 aliphatic carbocycles. The van der Waals surface area contributed by atoms with Gasteiger partial charge < -0.3 is 20.5 Å². The highest BCUT2D eigenvalue weighted by Crippen LogP contribution is 2.44. The Hall–Kier alpha value is -3.00. The number of thioether (sulfide) groups is 1. The summed E-state index contributed by atoms with van der Waals surface area (Å²) >= 11 is 1.60. The second kappa shape index (κ2) is 11.0. The van der Waals surface area contributed by atoms with Gasteiger partial charge in [0.1, 0.15) is 12.6 Å². The van der Waals surface area contributed by atoms with Gasteiger partial charge in [-0.25, -0.2) is 4.79 Å². The first-order chi connectivity index (χ1) is 16.5. The molecule has 0 heterocycles. The lowest BCUT2D eigenvalue weighted by Crippen LogP contribution is -2.53. The average Bonchev–Trinajstić information content (AvgIpc) is 3.12. The molecule has 1 fully saturated rings. The molecule has 7 nitrogen and oxygen atoms in total. The molecule has 34 heavy (non-hydrogen) atoms. The van der Waals surface area contributed by atoms with Crippen LogP contribution in [0.2, 0.25) is 0 Å². The molecule has 8 heteroatoms. The van der Waals surface area contributed by atoms with Crippen molar-refractivity contribution >= 4 is 29.7 Å². The van der Waals surface area contributed by atoms with Crippen molar-refractivity contribution in [1.82, 2.24) is 10.6 Å². The van der Waals surface area contributed by atoms with Gasteiger partial charge in [-0.2, -0.15) is 11.8 Å². The van der Waals surface area contributed by atoms with Gasteiger partial charge in [-0.3, -0.25) is 9.59 Å². The van der Waals surface area contributed by atoms with Crippen LogP contribution in [0.5, 0.6) is 0 Å². The number of fused-ring (bicyclic) bond motifs is 3. The van der Waals surface area contributed by atoms with Crippen LogP contribution in [0.1, 0.15) is 42.7 Å². The first-order valence-electron chi connectivity index (χ1n) is 11.6. The number of amides is 2. The van der Waals surface area contributed by atoms with Crippen LogP contribution in [0.15, 0.2) is 48.5 Å². The second-order valence-corrected chi connectivity index (χ2v) is 9.93. The first-order valence-corrected chi connectivity index (χ1v) is 13.0. The van der Waals surface area contributed by atoms with Gasteiger partial charge in [0.25, 0.3) is 0 Å². The van der Waals surface area contributed by atoms with E-state index in [9.17, 15) is 14.4 Å². The van der Waals surface area contributed by atoms with Crippen molar-refractivity contribution in [2.45, 2.75) is 43.7 Å². The number of rotatable bonds is 10. The van der Waals surface area contributed by atoms with Crippen LogP contribution >= 0.6 is 11.8 Å². The van der Waals surface area contributed by atoms with Crippen LogP contribution in [0, 0.1) is 5.92 Å². The smallest absolute Gasteiger partial charge is 0.407 e. The third-order valence-electron chi connectivity index (χ3n) is 6.61. The van der Waals surface area contributed by atoms with Crippen molar-refractivity contribution < 1.29 is 24.2 Å². The lowest BCUT2D eigenvalue weighted by molar-refractivity contribution is -0.139. The number of carbonyl (C=O) groups is 3. The van der Waals surface area contributed by atoms with Crippen LogP contribution in [0.25, 0.3) is 11.1 Å². The summed E-state index contributed by atoms with van der Waals surface area (Å²) in [5.41, 5.74) is 4.58. The Kier molecular flexibility index (Phi) is 7.77. The van der Waals surface area contributed by atoms with E-state index in [0.717, 1.165) is 22.3 Å². The van der Waals surface area contributed by atoms with Crippen LogP contribution in [-0.4, -0.2) is 53.8 Å². The normalized spacial score (nSPS) is 19.3. The summed E-state index contributed by atoms with van der Waals surface area (Å²) in [6.07, 6.45) is 3.25. The number of benzene rings is 2. The molecule has 0 aromatic heterocycles. The third kappa shape index (κ3) is 5.55. The Labute approximate surface area is 203 Å². The summed E-state index contributed by atoms with van der Waals surface area (Å²) in [4.78, 5) is 36.3. The highest BCUT2D eigenvalue weighted by molar-refractivity contribution is 7.98. The van der Waals surface area contributed by atoms with Crippen molar-refractivity contribution in [3.05, 3.63) is 59.7 Å². The quantitative estimate of drug-likeness (QED) is 0.473. The van der Waals surface area contributed by atoms with Crippen LogP contribution in [0.4, 0.5) is 4.79 Å². The Morgan fingerprint density at radius 2 is 1.68 bits per heavy atom. The van der Waals surface area contributed by atoms with E-state index in [0.29, 0.717) is 25.0 Å². The number of hydrogen-bond acceptors (Lipinski definition) is 5. The fourth-order valence-electron chi connectivity index (χ4n) is 4.86. The number of alkyl carbamates (subject to hydrolysis) is 1. The third-order valence-corrected chi connectivity index (χ3v) is 7.25. The molecule has 2 aromatic carbocycles. The van der Waals surface area contributed by atoms with Crippen LogP contribution in [0.3, 0.4) is 0 Å². The zero-order valence-corrected chi connectivity index (χ0v) is 20.0. The molecule has 2 amide bonds. The molecule has 1 atom stereocenters. The summed E-state index contributed by atoms with van der Waals surface area (Å²) in [6, 6.07) is 15.5. The van der Waals surface area contributed by atoms with Gasteiger partial charge >= 0.3 is 12.1 Å². The zero-order valence-electron chi connectivity index (χ0n) is 19.2. The Balaban J connectivity index is 1.33. The molecule has 0 spiro atoms. The SMILES string of the molecule is CSCC[C@@H](NC(=O)OCC1c2ccccc2-c2ccccc21)C(=O)NC1CC(CC(=O)O)C1. The topological polar surface area (TPSA) is 105 Å². The number of hydrogen-bond donors (Lipinski definition) is 3. The molecule has 2 aromatic rings. The molecule has 0 bridgehead atoms. The molecule has 4 rings (SSSR count). The van der Waals surface area contributed by atoms with Crippen LogP contribution < -0.4 is 10.6 Å². The number of carboxylic acid groups (broad SMARTS) is 1. The van der Waals surface area contributed by atoms with E-state index in [4.69, 9.17) is 9.84 Å². The molecule has 0 aliphatic heterocycles. The summed E-state index contributed by atoms with van der Waals surface area (Å²) < 4.78 is 5.60. The van der Waals surface area contributed by atoms with Crippen molar-refractivity contribution in [3.8, 4) is 11.1 Å². The second-order valence-electron chi connectivity index (χ2n) is 8.94. The van der Waals surface area contributed by atoms with E-state index >= 15 is 0 Å². The van der Waals surface area contributed by atoms with E-state index in [1.54, 1.807) is 11.8 Å². The molecular formula is C26H30N2O5S. The fraction of sp³-hybridized carbons (Fsp3) is 0.423. The minimum Gasteiger partial charge on any atom is -0.481 e. The maximum Gasteiger partial charge on any atom is 0.407 e. The number of ether oxygens (including phenoxy) is 1. The van der Waals surface area contributed by atoms with Gasteiger partial charge in [0.2, 0.25) is 5.91 Å². The lowest BCUT2D eigenvalue weighted by Gasteiger charge is -2.35. The minimum atomic E-state index is -0.815. The highest BCUT2D eigenvalue weighted by atomic mass is 32.2. The van der Waals surface area contributed by atoms with Gasteiger partial charge in [0.05, 0.1) is 0 Å². The summed E-state index contributed by atoms with van der Waals surface area (Å²) in [7, 11) is 0. The summed E-state index contributed by atoms with van der Waals surface area (Å²) in [5, 5.41) is 14.6. The largest absolute Gasteiger partial charge is 0.481 e.